The maximum absolute atomic E-state index is 14.2. The van der Waals surface area contributed by atoms with Crippen LogP contribution in [0.5, 0.6) is 0 Å². The van der Waals surface area contributed by atoms with Crippen molar-refractivity contribution in [1.82, 2.24) is 9.13 Å². The fraction of sp³-hybridized carbons (Fsp3) is 0.125. The molecule has 0 aliphatic carbocycles. The highest BCUT2D eigenvalue weighted by molar-refractivity contribution is 6.31. The number of fused-ring (bicyclic) bond motifs is 1. The second-order valence-electron chi connectivity index (χ2n) is 5.12. The average Bonchev–Trinajstić information content (AvgIpc) is 2.53. The van der Waals surface area contributed by atoms with Gasteiger partial charge in [-0.3, -0.25) is 13.9 Å². The van der Waals surface area contributed by atoms with E-state index in [1.54, 1.807) is 24.3 Å². The lowest BCUT2D eigenvalue weighted by Gasteiger charge is -2.12. The Balaban J connectivity index is 2.27. The van der Waals surface area contributed by atoms with E-state index in [4.69, 9.17) is 23.2 Å². The first-order valence-corrected chi connectivity index (χ1v) is 7.47. The quantitative estimate of drug-likeness (QED) is 0.710. The summed E-state index contributed by atoms with van der Waals surface area (Å²) in [7, 11) is 1.40. The molecule has 23 heavy (non-hydrogen) atoms. The maximum Gasteiger partial charge on any atom is 0.331 e. The largest absolute Gasteiger partial charge is 0.331 e. The van der Waals surface area contributed by atoms with Crippen LogP contribution in [-0.2, 0) is 13.6 Å². The molecule has 0 radical (unpaired) electrons. The number of rotatable bonds is 2. The van der Waals surface area contributed by atoms with Crippen molar-refractivity contribution in [3.8, 4) is 0 Å². The summed E-state index contributed by atoms with van der Waals surface area (Å²) in [6.45, 7) is 0.0723. The number of aromatic nitrogens is 2. The molecule has 1 aromatic heterocycles. The number of benzene rings is 2. The molecule has 0 aliphatic rings. The molecule has 0 fully saturated rings. The molecular formula is C16H11Cl2FN2O2. The Kier molecular flexibility index (Phi) is 4.00. The highest BCUT2D eigenvalue weighted by Gasteiger charge is 2.16. The monoisotopic (exact) mass is 352 g/mol. The lowest BCUT2D eigenvalue weighted by atomic mass is 10.2. The minimum Gasteiger partial charge on any atom is -0.293 e. The van der Waals surface area contributed by atoms with Crippen molar-refractivity contribution in [2.45, 2.75) is 6.54 Å². The van der Waals surface area contributed by atoms with Crippen LogP contribution in [0.15, 0.2) is 46.0 Å². The molecular weight excluding hydrogens is 342 g/mol. The van der Waals surface area contributed by atoms with Gasteiger partial charge in [-0.1, -0.05) is 35.3 Å². The van der Waals surface area contributed by atoms with Gasteiger partial charge in [-0.25, -0.2) is 9.18 Å². The highest BCUT2D eigenvalue weighted by atomic mass is 35.5. The molecule has 0 aliphatic heterocycles. The predicted molar refractivity (Wildman–Crippen MR) is 89.0 cm³/mol. The minimum absolute atomic E-state index is 0.0723. The van der Waals surface area contributed by atoms with Gasteiger partial charge in [0.25, 0.3) is 5.56 Å². The third-order valence-corrected chi connectivity index (χ3v) is 4.20. The van der Waals surface area contributed by atoms with Crippen molar-refractivity contribution in [2.75, 3.05) is 0 Å². The van der Waals surface area contributed by atoms with Crippen molar-refractivity contribution >= 4 is 34.1 Å². The normalized spacial score (nSPS) is 11.1. The Morgan fingerprint density at radius 2 is 1.70 bits per heavy atom. The van der Waals surface area contributed by atoms with Crippen LogP contribution < -0.4 is 11.2 Å². The number of halogens is 3. The van der Waals surface area contributed by atoms with Gasteiger partial charge in [0, 0.05) is 12.1 Å². The lowest BCUT2D eigenvalue weighted by molar-refractivity contribution is 0.612. The third-order valence-electron chi connectivity index (χ3n) is 3.65. The van der Waals surface area contributed by atoms with Gasteiger partial charge in [-0.05, 0) is 29.8 Å². The maximum atomic E-state index is 14.2. The molecule has 2 aromatic carbocycles. The van der Waals surface area contributed by atoms with Crippen LogP contribution in [0.3, 0.4) is 0 Å². The molecule has 0 unspecified atom stereocenters. The zero-order valence-corrected chi connectivity index (χ0v) is 13.5. The smallest absolute Gasteiger partial charge is 0.293 e. The van der Waals surface area contributed by atoms with E-state index in [1.165, 1.54) is 19.2 Å². The van der Waals surface area contributed by atoms with E-state index in [2.05, 4.69) is 0 Å². The molecule has 0 saturated carbocycles. The van der Waals surface area contributed by atoms with Crippen molar-refractivity contribution in [1.29, 1.82) is 0 Å². The standard InChI is InChI=1S/C16H11Cl2FN2O2/c1-20-14-11(6-7-12(18)13(14)19)15(22)21(16(20)23)8-9-2-4-10(17)5-3-9/h2-7H,8H2,1H3. The van der Waals surface area contributed by atoms with E-state index < -0.39 is 17.1 Å². The first-order chi connectivity index (χ1) is 10.9. The van der Waals surface area contributed by atoms with Crippen LogP contribution in [0, 0.1) is 5.82 Å². The summed E-state index contributed by atoms with van der Waals surface area (Å²) in [4.78, 5) is 25.0. The molecule has 118 valence electrons. The van der Waals surface area contributed by atoms with Gasteiger partial charge < -0.3 is 0 Å². The fourth-order valence-corrected chi connectivity index (χ4v) is 2.74. The number of hydrogen-bond donors (Lipinski definition) is 0. The van der Waals surface area contributed by atoms with Crippen molar-refractivity contribution < 1.29 is 4.39 Å². The Bertz CT molecular complexity index is 1020. The van der Waals surface area contributed by atoms with Crippen molar-refractivity contribution in [3.63, 3.8) is 0 Å². The van der Waals surface area contributed by atoms with Gasteiger partial charge in [0.15, 0.2) is 5.82 Å². The van der Waals surface area contributed by atoms with Gasteiger partial charge in [-0.15, -0.1) is 0 Å². The summed E-state index contributed by atoms with van der Waals surface area (Å²) in [6.07, 6.45) is 0. The van der Waals surface area contributed by atoms with E-state index >= 15 is 0 Å². The average molecular weight is 353 g/mol. The van der Waals surface area contributed by atoms with Crippen LogP contribution in [0.1, 0.15) is 5.56 Å². The number of aryl methyl sites for hydroxylation is 1. The number of hydrogen-bond acceptors (Lipinski definition) is 2. The van der Waals surface area contributed by atoms with Gasteiger partial charge in [0.05, 0.1) is 22.5 Å². The summed E-state index contributed by atoms with van der Waals surface area (Å²) >= 11 is 11.6. The Hall–Kier alpha value is -2.11. The molecule has 0 amide bonds. The Morgan fingerprint density at radius 3 is 2.35 bits per heavy atom. The zero-order chi connectivity index (χ0) is 16.7. The van der Waals surface area contributed by atoms with Crippen LogP contribution in [0.25, 0.3) is 10.9 Å². The second kappa shape index (κ2) is 5.83. The molecule has 7 heteroatoms. The summed E-state index contributed by atoms with van der Waals surface area (Å²) in [5.74, 6) is -0.778. The molecule has 3 rings (SSSR count). The van der Waals surface area contributed by atoms with E-state index in [9.17, 15) is 14.0 Å². The topological polar surface area (TPSA) is 44.0 Å². The van der Waals surface area contributed by atoms with Gasteiger partial charge in [0.2, 0.25) is 0 Å². The second-order valence-corrected chi connectivity index (χ2v) is 5.96. The fourth-order valence-electron chi connectivity index (χ4n) is 2.46. The summed E-state index contributed by atoms with van der Waals surface area (Å²) in [5.41, 5.74) is -0.533. The first kappa shape index (κ1) is 15.8. The predicted octanol–water partition coefficient (Wildman–Crippen LogP) is 3.19. The number of nitrogens with zero attached hydrogens (tertiary/aromatic N) is 2. The van der Waals surface area contributed by atoms with Gasteiger partial charge >= 0.3 is 5.69 Å². The van der Waals surface area contributed by atoms with E-state index in [0.29, 0.717) is 5.02 Å². The first-order valence-electron chi connectivity index (χ1n) is 6.72. The molecule has 0 spiro atoms. The minimum atomic E-state index is -0.778. The Labute approximate surface area is 140 Å². The van der Waals surface area contributed by atoms with Crippen molar-refractivity contribution in [2.24, 2.45) is 7.05 Å². The van der Waals surface area contributed by atoms with Crippen molar-refractivity contribution in [3.05, 3.63) is 78.7 Å². The van der Waals surface area contributed by atoms with E-state index in [0.717, 1.165) is 14.7 Å². The molecule has 1 heterocycles. The van der Waals surface area contributed by atoms with Crippen LogP contribution >= 0.6 is 23.2 Å². The van der Waals surface area contributed by atoms with Crippen LogP contribution in [0.4, 0.5) is 4.39 Å². The Morgan fingerprint density at radius 1 is 1.04 bits per heavy atom. The van der Waals surface area contributed by atoms with E-state index in [-0.39, 0.29) is 22.5 Å². The molecule has 0 bridgehead atoms. The summed E-state index contributed by atoms with van der Waals surface area (Å²) in [5, 5.41) is 0.523. The van der Waals surface area contributed by atoms with Gasteiger partial charge in [-0.2, -0.15) is 0 Å². The molecule has 4 nitrogen and oxygen atoms in total. The van der Waals surface area contributed by atoms with Gasteiger partial charge in [0.1, 0.15) is 0 Å². The molecule has 0 saturated heterocycles. The van der Waals surface area contributed by atoms with E-state index in [1.807, 2.05) is 0 Å². The molecule has 3 aromatic rings. The van der Waals surface area contributed by atoms with Crippen LogP contribution in [0.2, 0.25) is 10.0 Å². The summed E-state index contributed by atoms with van der Waals surface area (Å²) < 4.78 is 16.3. The summed E-state index contributed by atoms with van der Waals surface area (Å²) in [6, 6.07) is 9.51. The zero-order valence-electron chi connectivity index (χ0n) is 12.0. The SMILES string of the molecule is Cn1c(=O)n(Cc2ccc(Cl)cc2)c(=O)c2ccc(Cl)c(F)c21. The molecule has 0 atom stereocenters. The lowest BCUT2D eigenvalue weighted by Crippen LogP contribution is -2.39. The molecule has 0 N–H and O–H groups in total. The van der Waals surface area contributed by atoms with Crippen LogP contribution in [-0.4, -0.2) is 9.13 Å². The highest BCUT2D eigenvalue weighted by Crippen LogP contribution is 2.21. The third kappa shape index (κ3) is 2.66.